The summed E-state index contributed by atoms with van der Waals surface area (Å²) in [6.45, 7) is 8.92. The molecule has 0 bridgehead atoms. The Morgan fingerprint density at radius 3 is 2.51 bits per heavy atom. The predicted octanol–water partition coefficient (Wildman–Crippen LogP) is 2.25. The van der Waals surface area contributed by atoms with E-state index in [1.807, 2.05) is 18.2 Å². The number of aromatic nitrogens is 4. The molecule has 1 N–H and O–H groups in total. The van der Waals surface area contributed by atoms with Crippen molar-refractivity contribution in [3.05, 3.63) is 70.8 Å². The minimum Gasteiger partial charge on any atom is -0.395 e. The Morgan fingerprint density at radius 1 is 1.09 bits per heavy atom. The van der Waals surface area contributed by atoms with E-state index in [-0.39, 0.29) is 30.8 Å². The summed E-state index contributed by atoms with van der Waals surface area (Å²) in [5.41, 5.74) is 4.87. The van der Waals surface area contributed by atoms with Crippen LogP contribution in [0.15, 0.2) is 42.7 Å². The molecule has 1 aromatic carbocycles. The van der Waals surface area contributed by atoms with E-state index in [4.69, 9.17) is 5.11 Å². The number of carbonyl (C=O) groups excluding carboxylic acids is 1. The van der Waals surface area contributed by atoms with Crippen molar-refractivity contribution in [1.82, 2.24) is 25.1 Å². The van der Waals surface area contributed by atoms with Gasteiger partial charge in [0.05, 0.1) is 24.7 Å². The minimum absolute atomic E-state index is 0.0886. The van der Waals surface area contributed by atoms with Crippen molar-refractivity contribution in [1.29, 1.82) is 0 Å². The van der Waals surface area contributed by atoms with E-state index in [1.54, 1.807) is 13.2 Å². The van der Waals surface area contributed by atoms with E-state index in [2.05, 4.69) is 62.9 Å². The fraction of sp³-hybridized carbons (Fsp3) is 0.423. The molecule has 35 heavy (non-hydrogen) atoms. The first-order chi connectivity index (χ1) is 16.9. The molecular formula is C26H33N7O2. The Kier molecular flexibility index (Phi) is 7.55. The lowest BCUT2D eigenvalue weighted by Crippen LogP contribution is -2.53. The number of piperazine rings is 1. The number of carbonyl (C=O) groups is 1. The number of hydrogen-bond acceptors (Lipinski definition) is 8. The first kappa shape index (κ1) is 24.5. The van der Waals surface area contributed by atoms with Crippen LogP contribution in [-0.4, -0.2) is 82.0 Å². The second-order valence-corrected chi connectivity index (χ2v) is 9.08. The summed E-state index contributed by atoms with van der Waals surface area (Å²) >= 11 is 0. The van der Waals surface area contributed by atoms with Crippen molar-refractivity contribution < 1.29 is 9.90 Å². The summed E-state index contributed by atoms with van der Waals surface area (Å²) in [6, 6.07) is 10.5. The average Bonchev–Trinajstić information content (AvgIpc) is 2.87. The number of nitrogens with zero attached hydrogens (tertiary/aromatic N) is 7. The lowest BCUT2D eigenvalue weighted by molar-refractivity contribution is 0.0760. The van der Waals surface area contributed by atoms with Gasteiger partial charge in [0.25, 0.3) is 5.91 Å². The molecule has 1 fully saturated rings. The van der Waals surface area contributed by atoms with Crippen LogP contribution in [0.2, 0.25) is 0 Å². The maximum absolute atomic E-state index is 12.4. The zero-order valence-electron chi connectivity index (χ0n) is 20.8. The van der Waals surface area contributed by atoms with Gasteiger partial charge in [0.2, 0.25) is 0 Å². The van der Waals surface area contributed by atoms with Crippen molar-refractivity contribution in [3.63, 3.8) is 0 Å². The van der Waals surface area contributed by atoms with Crippen LogP contribution in [0.1, 0.15) is 39.8 Å². The molecule has 1 aliphatic rings. The van der Waals surface area contributed by atoms with Gasteiger partial charge in [-0.15, -0.1) is 5.10 Å². The highest BCUT2D eigenvalue weighted by atomic mass is 16.3. The Bertz CT molecular complexity index is 1150. The molecule has 9 heteroatoms. The molecule has 0 saturated carbocycles. The number of benzene rings is 1. The van der Waals surface area contributed by atoms with E-state index >= 15 is 0 Å². The zero-order valence-corrected chi connectivity index (χ0v) is 20.8. The molecule has 1 amide bonds. The van der Waals surface area contributed by atoms with Gasteiger partial charge in [-0.1, -0.05) is 30.3 Å². The summed E-state index contributed by atoms with van der Waals surface area (Å²) in [5, 5.41) is 18.2. The lowest BCUT2D eigenvalue weighted by atomic mass is 10.0. The van der Waals surface area contributed by atoms with Gasteiger partial charge < -0.3 is 19.8 Å². The standard InChI is InChI=1S/C26H33N7O2/c1-18-17-32(25-20(3)19(2)22(29-30-25)14-21-8-6-5-7-9-21)10-11-33(18)24-16-27-23(15-28-24)26(35)31(4)12-13-34/h5-9,15-16,18,34H,10-14,17H2,1-4H3. The third kappa shape index (κ3) is 5.40. The van der Waals surface area contributed by atoms with Crippen LogP contribution >= 0.6 is 0 Å². The molecule has 1 saturated heterocycles. The molecule has 3 heterocycles. The monoisotopic (exact) mass is 475 g/mol. The summed E-state index contributed by atoms with van der Waals surface area (Å²) < 4.78 is 0. The Hall–Kier alpha value is -3.59. The zero-order chi connectivity index (χ0) is 24.9. The normalized spacial score (nSPS) is 15.9. The molecule has 9 nitrogen and oxygen atoms in total. The number of hydrogen-bond donors (Lipinski definition) is 1. The van der Waals surface area contributed by atoms with Crippen LogP contribution in [0.25, 0.3) is 0 Å². The fourth-order valence-electron chi connectivity index (χ4n) is 4.42. The molecular weight excluding hydrogens is 442 g/mol. The third-order valence-corrected chi connectivity index (χ3v) is 6.67. The molecule has 0 radical (unpaired) electrons. The van der Waals surface area contributed by atoms with Gasteiger partial charge in [0, 0.05) is 45.7 Å². The number of anilines is 2. The molecule has 0 aliphatic carbocycles. The van der Waals surface area contributed by atoms with Gasteiger partial charge >= 0.3 is 0 Å². The second kappa shape index (κ2) is 10.8. The van der Waals surface area contributed by atoms with Crippen molar-refractivity contribution >= 4 is 17.5 Å². The van der Waals surface area contributed by atoms with Gasteiger partial charge in [-0.2, -0.15) is 5.10 Å². The largest absolute Gasteiger partial charge is 0.395 e. The van der Waals surface area contributed by atoms with Gasteiger partial charge in [-0.3, -0.25) is 4.79 Å². The first-order valence-corrected chi connectivity index (χ1v) is 12.0. The molecule has 2 aromatic heterocycles. The van der Waals surface area contributed by atoms with Crippen LogP contribution in [0.4, 0.5) is 11.6 Å². The highest BCUT2D eigenvalue weighted by Crippen LogP contribution is 2.26. The van der Waals surface area contributed by atoms with Gasteiger partial charge in [-0.25, -0.2) is 9.97 Å². The molecule has 0 spiro atoms. The first-order valence-electron chi connectivity index (χ1n) is 12.0. The molecule has 1 unspecified atom stereocenters. The molecule has 184 valence electrons. The number of aliphatic hydroxyl groups is 1. The van der Waals surface area contributed by atoms with Crippen LogP contribution in [0, 0.1) is 13.8 Å². The van der Waals surface area contributed by atoms with E-state index in [0.717, 1.165) is 43.4 Å². The molecule has 3 aromatic rings. The van der Waals surface area contributed by atoms with E-state index in [1.165, 1.54) is 27.8 Å². The average molecular weight is 476 g/mol. The Balaban J connectivity index is 1.43. The lowest BCUT2D eigenvalue weighted by Gasteiger charge is -2.41. The number of amides is 1. The van der Waals surface area contributed by atoms with Crippen LogP contribution in [-0.2, 0) is 6.42 Å². The van der Waals surface area contributed by atoms with Crippen molar-refractivity contribution in [2.45, 2.75) is 33.2 Å². The molecule has 1 aliphatic heterocycles. The van der Waals surface area contributed by atoms with Gasteiger partial charge in [-0.05, 0) is 37.5 Å². The highest BCUT2D eigenvalue weighted by molar-refractivity contribution is 5.91. The number of likely N-dealkylation sites (N-methyl/N-ethyl adjacent to an activating group) is 1. The summed E-state index contributed by atoms with van der Waals surface area (Å²) in [4.78, 5) is 27.1. The van der Waals surface area contributed by atoms with Crippen molar-refractivity contribution in [2.24, 2.45) is 0 Å². The summed E-state index contributed by atoms with van der Waals surface area (Å²) in [5.74, 6) is 1.43. The van der Waals surface area contributed by atoms with E-state index in [0.29, 0.717) is 0 Å². The van der Waals surface area contributed by atoms with Crippen LogP contribution in [0.3, 0.4) is 0 Å². The molecule has 4 rings (SSSR count). The Labute approximate surface area is 206 Å². The number of aliphatic hydroxyl groups excluding tert-OH is 1. The predicted molar refractivity (Wildman–Crippen MR) is 136 cm³/mol. The summed E-state index contributed by atoms with van der Waals surface area (Å²) in [6.07, 6.45) is 3.94. The second-order valence-electron chi connectivity index (χ2n) is 9.08. The fourth-order valence-corrected chi connectivity index (χ4v) is 4.42. The van der Waals surface area contributed by atoms with Crippen molar-refractivity contribution in [2.75, 3.05) is 49.6 Å². The smallest absolute Gasteiger partial charge is 0.273 e. The number of rotatable bonds is 7. The highest BCUT2D eigenvalue weighted by Gasteiger charge is 2.28. The van der Waals surface area contributed by atoms with Crippen LogP contribution < -0.4 is 9.80 Å². The van der Waals surface area contributed by atoms with Crippen molar-refractivity contribution in [3.8, 4) is 0 Å². The molecule has 1 atom stereocenters. The SMILES string of the molecule is Cc1c(Cc2ccccc2)nnc(N2CCN(c3cnc(C(=O)N(C)CCO)cn3)C(C)C2)c1C. The topological polar surface area (TPSA) is 98.6 Å². The maximum Gasteiger partial charge on any atom is 0.273 e. The minimum atomic E-state index is -0.254. The maximum atomic E-state index is 12.4. The summed E-state index contributed by atoms with van der Waals surface area (Å²) in [7, 11) is 1.64. The third-order valence-electron chi connectivity index (χ3n) is 6.67. The van der Waals surface area contributed by atoms with Gasteiger partial charge in [0.1, 0.15) is 11.5 Å². The van der Waals surface area contributed by atoms with Crippen LogP contribution in [0.5, 0.6) is 0 Å². The quantitative estimate of drug-likeness (QED) is 0.556. The van der Waals surface area contributed by atoms with Gasteiger partial charge in [0.15, 0.2) is 5.82 Å². The Morgan fingerprint density at radius 2 is 1.86 bits per heavy atom. The van der Waals surface area contributed by atoms with E-state index in [9.17, 15) is 4.79 Å². The van der Waals surface area contributed by atoms with E-state index < -0.39 is 0 Å².